The lowest BCUT2D eigenvalue weighted by Gasteiger charge is -2.33. The first-order chi connectivity index (χ1) is 14.7. The standard InChI is InChI=1S/C23H25N3O3S/c27-22(14-21-23(28)24-18-3-1-2-4-20(18)30-21)26-10-8-25(9-11-26)15-16-5-6-19-17(13-16)7-12-29-19/h1-6,13,21H,7-12,14-15H2,(H,24,28)/p+1/t21-/m1/s1. The van der Waals surface area contributed by atoms with Gasteiger partial charge in [0.2, 0.25) is 11.8 Å². The topological polar surface area (TPSA) is 63.1 Å². The van der Waals surface area contributed by atoms with Crippen LogP contribution in [0.25, 0.3) is 0 Å². The van der Waals surface area contributed by atoms with E-state index < -0.39 is 0 Å². The molecule has 2 N–H and O–H groups in total. The second kappa shape index (κ2) is 8.32. The zero-order valence-electron chi connectivity index (χ0n) is 16.9. The molecule has 0 saturated carbocycles. The lowest BCUT2D eigenvalue weighted by Crippen LogP contribution is -3.13. The molecule has 1 atom stereocenters. The summed E-state index contributed by atoms with van der Waals surface area (Å²) in [5.41, 5.74) is 3.49. The number of thioether (sulfide) groups is 1. The first-order valence-electron chi connectivity index (χ1n) is 10.6. The lowest BCUT2D eigenvalue weighted by atomic mass is 10.1. The van der Waals surface area contributed by atoms with Gasteiger partial charge in [-0.15, -0.1) is 11.8 Å². The molecule has 7 heteroatoms. The Balaban J connectivity index is 1.13. The maximum atomic E-state index is 12.8. The monoisotopic (exact) mass is 424 g/mol. The van der Waals surface area contributed by atoms with Gasteiger partial charge in [0.15, 0.2) is 0 Å². The Morgan fingerprint density at radius 1 is 1.20 bits per heavy atom. The SMILES string of the molecule is O=C1Nc2ccccc2S[C@@H]1CC(=O)N1CC[NH+](Cc2ccc3c(c2)CCO3)CC1. The third-order valence-electron chi connectivity index (χ3n) is 6.10. The molecule has 30 heavy (non-hydrogen) atoms. The largest absolute Gasteiger partial charge is 0.493 e. The smallest absolute Gasteiger partial charge is 0.238 e. The summed E-state index contributed by atoms with van der Waals surface area (Å²) in [6, 6.07) is 14.3. The van der Waals surface area contributed by atoms with Gasteiger partial charge in [0, 0.05) is 23.3 Å². The van der Waals surface area contributed by atoms with E-state index in [1.54, 1.807) is 0 Å². The summed E-state index contributed by atoms with van der Waals surface area (Å²) in [7, 11) is 0. The van der Waals surface area contributed by atoms with Crippen LogP contribution in [-0.4, -0.2) is 54.8 Å². The van der Waals surface area contributed by atoms with E-state index in [-0.39, 0.29) is 23.5 Å². The van der Waals surface area contributed by atoms with Gasteiger partial charge in [-0.3, -0.25) is 9.59 Å². The number of benzene rings is 2. The summed E-state index contributed by atoms with van der Waals surface area (Å²) < 4.78 is 5.59. The maximum Gasteiger partial charge on any atom is 0.238 e. The van der Waals surface area contributed by atoms with Crippen LogP contribution in [0.5, 0.6) is 5.75 Å². The number of hydrogen-bond acceptors (Lipinski definition) is 4. The molecule has 0 radical (unpaired) electrons. The Kier molecular flexibility index (Phi) is 5.39. The van der Waals surface area contributed by atoms with Gasteiger partial charge in [-0.25, -0.2) is 0 Å². The molecule has 0 spiro atoms. The van der Waals surface area contributed by atoms with Crippen molar-refractivity contribution in [2.24, 2.45) is 0 Å². The fraction of sp³-hybridized carbons (Fsp3) is 0.391. The molecule has 156 valence electrons. The minimum atomic E-state index is -0.355. The molecule has 0 aromatic heterocycles. The molecule has 3 aliphatic heterocycles. The number of nitrogens with one attached hydrogen (secondary N) is 2. The first-order valence-corrected chi connectivity index (χ1v) is 11.5. The average Bonchev–Trinajstić information content (AvgIpc) is 3.23. The predicted octanol–water partition coefficient (Wildman–Crippen LogP) is 1.35. The zero-order chi connectivity index (χ0) is 20.5. The Bertz CT molecular complexity index is 972. The zero-order valence-corrected chi connectivity index (χ0v) is 17.7. The minimum absolute atomic E-state index is 0.0723. The Hall–Kier alpha value is -2.51. The van der Waals surface area contributed by atoms with E-state index in [0.29, 0.717) is 0 Å². The number of ether oxygens (including phenoxy) is 1. The number of hydrogen-bond donors (Lipinski definition) is 2. The molecule has 6 nitrogen and oxygen atoms in total. The molecule has 5 rings (SSSR count). The fourth-order valence-corrected chi connectivity index (χ4v) is 5.50. The predicted molar refractivity (Wildman–Crippen MR) is 116 cm³/mol. The van der Waals surface area contributed by atoms with Crippen LogP contribution in [-0.2, 0) is 22.6 Å². The van der Waals surface area contributed by atoms with E-state index in [2.05, 4.69) is 23.5 Å². The van der Waals surface area contributed by atoms with E-state index >= 15 is 0 Å². The van der Waals surface area contributed by atoms with Crippen LogP contribution in [0.2, 0.25) is 0 Å². The highest BCUT2D eigenvalue weighted by Crippen LogP contribution is 2.36. The Labute approximate surface area is 180 Å². The number of fused-ring (bicyclic) bond motifs is 2. The third kappa shape index (κ3) is 4.04. The lowest BCUT2D eigenvalue weighted by molar-refractivity contribution is -0.917. The molecule has 3 aliphatic rings. The number of nitrogens with zero attached hydrogens (tertiary/aromatic N) is 1. The summed E-state index contributed by atoms with van der Waals surface area (Å²) in [5, 5.41) is 2.57. The van der Waals surface area contributed by atoms with Gasteiger partial charge in [0.1, 0.15) is 12.3 Å². The van der Waals surface area contributed by atoms with E-state index in [0.717, 1.165) is 62.1 Å². The van der Waals surface area contributed by atoms with Crippen LogP contribution >= 0.6 is 11.8 Å². The van der Waals surface area contributed by atoms with Crippen molar-refractivity contribution in [1.29, 1.82) is 0 Å². The van der Waals surface area contributed by atoms with E-state index in [1.165, 1.54) is 27.8 Å². The maximum absolute atomic E-state index is 12.8. The van der Waals surface area contributed by atoms with Crippen molar-refractivity contribution in [2.75, 3.05) is 38.1 Å². The highest BCUT2D eigenvalue weighted by Gasteiger charge is 2.32. The number of rotatable bonds is 4. The van der Waals surface area contributed by atoms with Crippen LogP contribution in [0, 0.1) is 0 Å². The molecule has 2 aromatic carbocycles. The molecular weight excluding hydrogens is 398 g/mol. The number of para-hydroxylation sites is 1. The van der Waals surface area contributed by atoms with Crippen LogP contribution in [0.3, 0.4) is 0 Å². The minimum Gasteiger partial charge on any atom is -0.493 e. The average molecular weight is 425 g/mol. The van der Waals surface area contributed by atoms with Crippen molar-refractivity contribution in [3.63, 3.8) is 0 Å². The molecule has 0 aliphatic carbocycles. The summed E-state index contributed by atoms with van der Waals surface area (Å²) in [5.74, 6) is 1.03. The molecule has 0 bridgehead atoms. The second-order valence-electron chi connectivity index (χ2n) is 8.14. The molecular formula is C23H26N3O3S+. The van der Waals surface area contributed by atoms with E-state index in [4.69, 9.17) is 4.74 Å². The van der Waals surface area contributed by atoms with Crippen molar-refractivity contribution in [3.05, 3.63) is 53.6 Å². The van der Waals surface area contributed by atoms with Crippen LogP contribution < -0.4 is 15.0 Å². The molecule has 1 saturated heterocycles. The van der Waals surface area contributed by atoms with Crippen LogP contribution in [0.15, 0.2) is 47.4 Å². The number of anilines is 1. The summed E-state index contributed by atoms with van der Waals surface area (Å²) in [6.45, 7) is 5.14. The molecule has 0 unspecified atom stereocenters. The molecule has 1 fully saturated rings. The Morgan fingerprint density at radius 3 is 2.90 bits per heavy atom. The highest BCUT2D eigenvalue weighted by atomic mass is 32.2. The number of carbonyl (C=O) groups is 2. The first kappa shape index (κ1) is 19.5. The number of quaternary nitrogens is 1. The highest BCUT2D eigenvalue weighted by molar-refractivity contribution is 8.01. The van der Waals surface area contributed by atoms with Gasteiger partial charge in [-0.1, -0.05) is 12.1 Å². The fourth-order valence-electron chi connectivity index (χ4n) is 4.40. The van der Waals surface area contributed by atoms with Gasteiger partial charge in [-0.2, -0.15) is 0 Å². The van der Waals surface area contributed by atoms with Crippen LogP contribution in [0.4, 0.5) is 5.69 Å². The van der Waals surface area contributed by atoms with Crippen molar-refractivity contribution in [3.8, 4) is 5.75 Å². The molecule has 2 amide bonds. The normalized spacial score (nSPS) is 20.9. The summed E-state index contributed by atoms with van der Waals surface area (Å²) in [4.78, 5) is 29.7. The number of carbonyl (C=O) groups excluding carboxylic acids is 2. The molecule has 2 aromatic rings. The molecule has 3 heterocycles. The second-order valence-corrected chi connectivity index (χ2v) is 9.39. The van der Waals surface area contributed by atoms with Gasteiger partial charge in [0.25, 0.3) is 0 Å². The van der Waals surface area contributed by atoms with E-state index in [9.17, 15) is 9.59 Å². The van der Waals surface area contributed by atoms with Crippen molar-refractivity contribution < 1.29 is 19.2 Å². The van der Waals surface area contributed by atoms with Gasteiger partial charge >= 0.3 is 0 Å². The number of amides is 2. The van der Waals surface area contributed by atoms with Crippen molar-refractivity contribution in [1.82, 2.24) is 4.90 Å². The van der Waals surface area contributed by atoms with Crippen molar-refractivity contribution >= 4 is 29.3 Å². The number of piperazine rings is 1. The van der Waals surface area contributed by atoms with Gasteiger partial charge in [-0.05, 0) is 35.9 Å². The van der Waals surface area contributed by atoms with Gasteiger partial charge in [0.05, 0.1) is 43.7 Å². The quantitative estimate of drug-likeness (QED) is 0.778. The summed E-state index contributed by atoms with van der Waals surface area (Å²) >= 11 is 1.49. The van der Waals surface area contributed by atoms with Crippen molar-refractivity contribution in [2.45, 2.75) is 29.5 Å². The Morgan fingerprint density at radius 2 is 2.03 bits per heavy atom. The van der Waals surface area contributed by atoms with Gasteiger partial charge < -0.3 is 19.9 Å². The van der Waals surface area contributed by atoms with Crippen LogP contribution in [0.1, 0.15) is 17.5 Å². The summed E-state index contributed by atoms with van der Waals surface area (Å²) in [6.07, 6.45) is 1.25. The third-order valence-corrected chi connectivity index (χ3v) is 7.37. The van der Waals surface area contributed by atoms with E-state index in [1.807, 2.05) is 29.2 Å².